The maximum atomic E-state index is 12.2. The van der Waals surface area contributed by atoms with Crippen LogP contribution in [-0.2, 0) is 14.3 Å². The van der Waals surface area contributed by atoms with Crippen molar-refractivity contribution in [1.82, 2.24) is 0 Å². The lowest BCUT2D eigenvalue weighted by Gasteiger charge is -2.39. The van der Waals surface area contributed by atoms with Crippen molar-refractivity contribution in [3.63, 3.8) is 0 Å². The van der Waals surface area contributed by atoms with Crippen molar-refractivity contribution in [1.29, 1.82) is 0 Å². The molecule has 0 amide bonds. The minimum atomic E-state index is 0.0680. The molecule has 1 aromatic carbocycles. The van der Waals surface area contributed by atoms with Gasteiger partial charge in [-0.2, -0.15) is 0 Å². The molecule has 0 bridgehead atoms. The van der Waals surface area contributed by atoms with Gasteiger partial charge in [-0.05, 0) is 44.7 Å². The number of thioether (sulfide) groups is 1. The van der Waals surface area contributed by atoms with E-state index in [0.29, 0.717) is 6.42 Å². The molecule has 2 saturated heterocycles. The summed E-state index contributed by atoms with van der Waals surface area (Å²) in [6, 6.07) is 8.09. The van der Waals surface area contributed by atoms with Crippen LogP contribution < -0.4 is 0 Å². The summed E-state index contributed by atoms with van der Waals surface area (Å²) >= 11 is 1.33. The first-order valence-electron chi connectivity index (χ1n) is 7.75. The van der Waals surface area contributed by atoms with Crippen LogP contribution in [0.2, 0.25) is 0 Å². The lowest BCUT2D eigenvalue weighted by atomic mass is 9.95. The van der Waals surface area contributed by atoms with Crippen LogP contribution in [-0.4, -0.2) is 30.0 Å². The first kappa shape index (κ1) is 15.1. The quantitative estimate of drug-likeness (QED) is 0.797. The van der Waals surface area contributed by atoms with Gasteiger partial charge in [0.1, 0.15) is 0 Å². The van der Waals surface area contributed by atoms with Gasteiger partial charge in [0.05, 0.1) is 18.3 Å². The molecule has 2 aliphatic rings. The van der Waals surface area contributed by atoms with E-state index in [9.17, 15) is 4.79 Å². The van der Waals surface area contributed by atoms with Gasteiger partial charge in [-0.3, -0.25) is 4.79 Å². The molecule has 0 spiro atoms. The van der Waals surface area contributed by atoms with E-state index in [1.165, 1.54) is 17.3 Å². The van der Waals surface area contributed by atoms with E-state index in [-0.39, 0.29) is 23.4 Å². The summed E-state index contributed by atoms with van der Waals surface area (Å²) in [6.07, 6.45) is 5.13. The van der Waals surface area contributed by atoms with E-state index < -0.39 is 0 Å². The lowest BCUT2D eigenvalue weighted by molar-refractivity contribution is -0.165. The number of hydrogen-bond donors (Lipinski definition) is 0. The van der Waals surface area contributed by atoms with Gasteiger partial charge in [0, 0.05) is 17.9 Å². The Bertz CT molecular complexity index is 485. The van der Waals surface area contributed by atoms with Crippen LogP contribution in [0.3, 0.4) is 0 Å². The molecular formula is C17H22O3S. The van der Waals surface area contributed by atoms with Gasteiger partial charge in [-0.25, -0.2) is 0 Å². The molecule has 0 N–H and O–H groups in total. The highest BCUT2D eigenvalue weighted by Crippen LogP contribution is 2.31. The Morgan fingerprint density at radius 3 is 2.81 bits per heavy atom. The van der Waals surface area contributed by atoms with Crippen LogP contribution in [0, 0.1) is 6.92 Å². The molecule has 114 valence electrons. The number of hydrogen-bond acceptors (Lipinski definition) is 4. The number of ether oxygens (including phenoxy) is 2. The third-order valence-electron chi connectivity index (χ3n) is 4.17. The molecule has 0 aromatic heterocycles. The Balaban J connectivity index is 1.49. The van der Waals surface area contributed by atoms with Crippen LogP contribution in [0.25, 0.3) is 0 Å². The van der Waals surface area contributed by atoms with Crippen LogP contribution >= 0.6 is 11.8 Å². The van der Waals surface area contributed by atoms with E-state index >= 15 is 0 Å². The number of rotatable bonds is 3. The van der Waals surface area contributed by atoms with Gasteiger partial charge in [0.25, 0.3) is 0 Å². The van der Waals surface area contributed by atoms with Crippen molar-refractivity contribution < 1.29 is 14.3 Å². The highest BCUT2D eigenvalue weighted by molar-refractivity contribution is 8.13. The second kappa shape index (κ2) is 6.95. The van der Waals surface area contributed by atoms with E-state index in [1.807, 2.05) is 24.3 Å². The SMILES string of the molecule is Cc1ccc(SC(=O)C[C@@H]2CC[C@H]3OCCC[C@@H]3O2)cc1. The summed E-state index contributed by atoms with van der Waals surface area (Å²) in [5.74, 6) is 0. The minimum absolute atomic E-state index is 0.0680. The summed E-state index contributed by atoms with van der Waals surface area (Å²) in [5.41, 5.74) is 1.21. The Kier molecular flexibility index (Phi) is 4.99. The zero-order valence-electron chi connectivity index (χ0n) is 12.4. The second-order valence-corrected chi connectivity index (χ2v) is 7.05. The Morgan fingerprint density at radius 1 is 1.19 bits per heavy atom. The number of aryl methyl sites for hydroxylation is 1. The van der Waals surface area contributed by atoms with Crippen LogP contribution in [0.1, 0.15) is 37.7 Å². The van der Waals surface area contributed by atoms with Gasteiger partial charge < -0.3 is 9.47 Å². The number of carbonyl (C=O) groups excluding carboxylic acids is 1. The molecule has 0 radical (unpaired) electrons. The molecule has 1 aromatic rings. The maximum absolute atomic E-state index is 12.2. The molecule has 21 heavy (non-hydrogen) atoms. The molecule has 0 aliphatic carbocycles. The standard InChI is InChI=1S/C17H22O3S/c1-12-4-7-14(8-5-12)21-17(18)11-13-6-9-15-16(20-13)3-2-10-19-15/h4-5,7-8,13,15-16H,2-3,6,9-11H2,1H3/t13-,15+,16-/m0/s1. The largest absolute Gasteiger partial charge is 0.376 e. The zero-order chi connectivity index (χ0) is 14.7. The van der Waals surface area contributed by atoms with Crippen LogP contribution in [0.4, 0.5) is 0 Å². The van der Waals surface area contributed by atoms with Crippen molar-refractivity contribution in [2.24, 2.45) is 0 Å². The molecule has 3 atom stereocenters. The van der Waals surface area contributed by atoms with Gasteiger partial charge in [0.15, 0.2) is 5.12 Å². The monoisotopic (exact) mass is 306 g/mol. The Labute approximate surface area is 130 Å². The van der Waals surface area contributed by atoms with Gasteiger partial charge in [0.2, 0.25) is 0 Å². The average molecular weight is 306 g/mol. The smallest absolute Gasteiger partial charge is 0.196 e. The fourth-order valence-electron chi connectivity index (χ4n) is 3.02. The highest BCUT2D eigenvalue weighted by atomic mass is 32.2. The maximum Gasteiger partial charge on any atom is 0.196 e. The zero-order valence-corrected chi connectivity index (χ0v) is 13.2. The van der Waals surface area contributed by atoms with Crippen molar-refractivity contribution in [3.8, 4) is 0 Å². The summed E-state index contributed by atoms with van der Waals surface area (Å²) in [4.78, 5) is 13.2. The molecule has 3 rings (SSSR count). The van der Waals surface area contributed by atoms with Crippen molar-refractivity contribution >= 4 is 16.9 Å². The average Bonchev–Trinajstić information content (AvgIpc) is 2.49. The van der Waals surface area contributed by atoms with Gasteiger partial charge in [-0.15, -0.1) is 0 Å². The summed E-state index contributed by atoms with van der Waals surface area (Å²) in [7, 11) is 0. The van der Waals surface area contributed by atoms with Crippen LogP contribution in [0.5, 0.6) is 0 Å². The number of benzene rings is 1. The Morgan fingerprint density at radius 2 is 2.00 bits per heavy atom. The summed E-state index contributed by atoms with van der Waals surface area (Å²) in [5, 5.41) is 0.194. The third kappa shape index (κ3) is 4.09. The number of carbonyl (C=O) groups is 1. The molecule has 0 unspecified atom stereocenters. The predicted octanol–water partition coefficient (Wildman–Crippen LogP) is 3.73. The van der Waals surface area contributed by atoms with Crippen molar-refractivity contribution in [3.05, 3.63) is 29.8 Å². The fourth-order valence-corrected chi connectivity index (χ4v) is 3.82. The van der Waals surface area contributed by atoms with Crippen LogP contribution in [0.15, 0.2) is 29.2 Å². The first-order chi connectivity index (χ1) is 10.2. The lowest BCUT2D eigenvalue weighted by Crippen LogP contribution is -2.43. The molecule has 3 nitrogen and oxygen atoms in total. The highest BCUT2D eigenvalue weighted by Gasteiger charge is 2.34. The molecule has 2 heterocycles. The first-order valence-corrected chi connectivity index (χ1v) is 8.57. The molecule has 4 heteroatoms. The molecule has 2 fully saturated rings. The molecule has 0 saturated carbocycles. The fraction of sp³-hybridized carbons (Fsp3) is 0.588. The number of fused-ring (bicyclic) bond motifs is 1. The van der Waals surface area contributed by atoms with E-state index in [2.05, 4.69) is 6.92 Å². The second-order valence-electron chi connectivity index (χ2n) is 5.92. The molecule has 2 aliphatic heterocycles. The van der Waals surface area contributed by atoms with Gasteiger partial charge >= 0.3 is 0 Å². The third-order valence-corrected chi connectivity index (χ3v) is 5.07. The molecular weight excluding hydrogens is 284 g/mol. The Hall–Kier alpha value is -0.840. The summed E-state index contributed by atoms with van der Waals surface area (Å²) in [6.45, 7) is 2.91. The normalized spacial score (nSPS) is 28.9. The summed E-state index contributed by atoms with van der Waals surface area (Å²) < 4.78 is 11.8. The topological polar surface area (TPSA) is 35.5 Å². The predicted molar refractivity (Wildman–Crippen MR) is 83.5 cm³/mol. The van der Waals surface area contributed by atoms with E-state index in [1.54, 1.807) is 0 Å². The minimum Gasteiger partial charge on any atom is -0.376 e. The van der Waals surface area contributed by atoms with Crippen molar-refractivity contribution in [2.45, 2.75) is 62.2 Å². The van der Waals surface area contributed by atoms with E-state index in [4.69, 9.17) is 9.47 Å². The van der Waals surface area contributed by atoms with Crippen molar-refractivity contribution in [2.75, 3.05) is 6.61 Å². The van der Waals surface area contributed by atoms with Gasteiger partial charge in [-0.1, -0.05) is 29.5 Å². The van der Waals surface area contributed by atoms with E-state index in [0.717, 1.165) is 37.2 Å².